The first-order chi connectivity index (χ1) is 17.9. The Kier molecular flexibility index (Phi) is 7.22. The molecule has 9 heteroatoms. The van der Waals surface area contributed by atoms with Gasteiger partial charge in [-0.1, -0.05) is 44.2 Å². The van der Waals surface area contributed by atoms with Crippen LogP contribution in [0.15, 0.2) is 30.6 Å². The number of fused-ring (bicyclic) bond motifs is 1. The summed E-state index contributed by atoms with van der Waals surface area (Å²) in [5.41, 5.74) is 0.314. The first-order valence-corrected chi connectivity index (χ1v) is 13.5. The van der Waals surface area contributed by atoms with Crippen molar-refractivity contribution >= 4 is 17.7 Å². The van der Waals surface area contributed by atoms with Crippen LogP contribution in [-0.2, 0) is 17.9 Å². The van der Waals surface area contributed by atoms with Crippen molar-refractivity contribution in [3.8, 4) is 5.75 Å². The Bertz CT molecular complexity index is 1150. The maximum absolute atomic E-state index is 13.8. The summed E-state index contributed by atoms with van der Waals surface area (Å²) in [5.74, 6) is -0.0579. The molecule has 2 heterocycles. The van der Waals surface area contributed by atoms with E-state index in [9.17, 15) is 14.4 Å². The smallest absolute Gasteiger partial charge is 0.274 e. The zero-order chi connectivity index (χ0) is 26.0. The number of nitrogens with one attached hydrogen (secondary N) is 2. The van der Waals surface area contributed by atoms with Crippen LogP contribution in [0.3, 0.4) is 0 Å². The van der Waals surface area contributed by atoms with E-state index >= 15 is 0 Å². The minimum absolute atomic E-state index is 0.00518. The lowest BCUT2D eigenvalue weighted by molar-refractivity contribution is -0.133. The van der Waals surface area contributed by atoms with Gasteiger partial charge in [0.25, 0.3) is 11.8 Å². The molecule has 5 rings (SSSR count). The van der Waals surface area contributed by atoms with Crippen LogP contribution in [-0.4, -0.2) is 56.9 Å². The standard InChI is InChI=1S/C28H37N5O4/c1-28(27(36)29-16-19-10-14-22(37-2)15-11-19)17-32-18-30-23(24(32)26(35)33(28)21-12-13-21)25(34)31-20-8-6-4-3-5-7-9-20/h10-11,14-15,18,20-21H,3-9,12-13,16-17H2,1-2H3,(H,29,36)(H,31,34)/t28-/m1/s1. The van der Waals surface area contributed by atoms with Crippen molar-refractivity contribution in [3.05, 3.63) is 47.5 Å². The monoisotopic (exact) mass is 507 g/mol. The fourth-order valence-electron chi connectivity index (χ4n) is 5.69. The third kappa shape index (κ3) is 5.22. The normalized spacial score (nSPS) is 22.5. The van der Waals surface area contributed by atoms with Crippen LogP contribution in [0.2, 0.25) is 0 Å². The minimum atomic E-state index is -1.08. The minimum Gasteiger partial charge on any atom is -0.497 e. The number of carbonyl (C=O) groups is 3. The molecular formula is C28H37N5O4. The van der Waals surface area contributed by atoms with Crippen molar-refractivity contribution in [1.29, 1.82) is 0 Å². The fraction of sp³-hybridized carbons (Fsp3) is 0.571. The Morgan fingerprint density at radius 1 is 1.05 bits per heavy atom. The lowest BCUT2D eigenvalue weighted by Gasteiger charge is -2.44. The number of methoxy groups -OCH3 is 1. The van der Waals surface area contributed by atoms with Crippen LogP contribution in [0.4, 0.5) is 0 Å². The lowest BCUT2D eigenvalue weighted by atomic mass is 9.93. The van der Waals surface area contributed by atoms with Crippen molar-refractivity contribution in [2.45, 2.75) is 95.4 Å². The van der Waals surface area contributed by atoms with Gasteiger partial charge in [0.05, 0.1) is 20.0 Å². The van der Waals surface area contributed by atoms with Crippen molar-refractivity contribution < 1.29 is 19.1 Å². The van der Waals surface area contributed by atoms with Gasteiger partial charge < -0.3 is 24.8 Å². The van der Waals surface area contributed by atoms with Gasteiger partial charge in [-0.05, 0) is 50.3 Å². The van der Waals surface area contributed by atoms with Gasteiger partial charge in [-0.2, -0.15) is 0 Å². The van der Waals surface area contributed by atoms with E-state index in [0.717, 1.165) is 49.8 Å². The number of carbonyl (C=O) groups excluding carboxylic acids is 3. The van der Waals surface area contributed by atoms with Crippen LogP contribution in [0.25, 0.3) is 0 Å². The Labute approximate surface area is 218 Å². The molecule has 2 N–H and O–H groups in total. The molecule has 1 aliphatic heterocycles. The first kappa shape index (κ1) is 25.3. The molecule has 0 unspecified atom stereocenters. The predicted molar refractivity (Wildman–Crippen MR) is 138 cm³/mol. The highest BCUT2D eigenvalue weighted by Gasteiger charge is 2.53. The number of imidazole rings is 1. The van der Waals surface area contributed by atoms with E-state index in [-0.39, 0.29) is 47.7 Å². The second kappa shape index (κ2) is 10.6. The molecule has 1 atom stereocenters. The van der Waals surface area contributed by atoms with Crippen molar-refractivity contribution in [1.82, 2.24) is 25.1 Å². The number of rotatable bonds is 7. The van der Waals surface area contributed by atoms with Gasteiger partial charge in [0.2, 0.25) is 5.91 Å². The number of nitrogens with zero attached hydrogens (tertiary/aromatic N) is 3. The molecular weight excluding hydrogens is 470 g/mol. The summed E-state index contributed by atoms with van der Waals surface area (Å²) in [6.07, 6.45) is 11.0. The second-order valence-electron chi connectivity index (χ2n) is 10.8. The molecule has 0 saturated heterocycles. The van der Waals surface area contributed by atoms with Gasteiger partial charge in [-0.3, -0.25) is 14.4 Å². The Hall–Kier alpha value is -3.36. The second-order valence-corrected chi connectivity index (χ2v) is 10.8. The Morgan fingerprint density at radius 2 is 1.73 bits per heavy atom. The third-order valence-corrected chi connectivity index (χ3v) is 7.94. The molecule has 2 aromatic rings. The summed E-state index contributed by atoms with van der Waals surface area (Å²) in [6.45, 7) is 2.41. The van der Waals surface area contributed by atoms with E-state index < -0.39 is 5.54 Å². The first-order valence-electron chi connectivity index (χ1n) is 13.5. The van der Waals surface area contributed by atoms with Crippen LogP contribution in [0.1, 0.15) is 91.3 Å². The number of ether oxygens (including phenoxy) is 1. The summed E-state index contributed by atoms with van der Waals surface area (Å²) in [4.78, 5) is 46.7. The van der Waals surface area contributed by atoms with Crippen LogP contribution in [0.5, 0.6) is 5.75 Å². The van der Waals surface area contributed by atoms with Crippen molar-refractivity contribution in [2.75, 3.05) is 7.11 Å². The SMILES string of the molecule is COc1ccc(CNC(=O)[C@@]2(C)Cn3cnc(C(=O)NC4CCCCCCC4)c3C(=O)N2C2CC2)cc1. The molecule has 0 bridgehead atoms. The molecule has 1 aromatic heterocycles. The van der Waals surface area contributed by atoms with E-state index in [1.54, 1.807) is 16.6 Å². The quantitative estimate of drug-likeness (QED) is 0.597. The summed E-state index contributed by atoms with van der Waals surface area (Å²) in [6, 6.07) is 7.62. The maximum atomic E-state index is 13.8. The average molecular weight is 508 g/mol. The predicted octanol–water partition coefficient (Wildman–Crippen LogP) is 3.43. The van der Waals surface area contributed by atoms with Gasteiger partial charge in [0, 0.05) is 18.6 Å². The molecule has 0 radical (unpaired) electrons. The molecule has 3 aliphatic rings. The van der Waals surface area contributed by atoms with E-state index in [1.807, 2.05) is 31.2 Å². The van der Waals surface area contributed by atoms with E-state index in [1.165, 1.54) is 25.6 Å². The number of aromatic nitrogens is 2. The van der Waals surface area contributed by atoms with Crippen molar-refractivity contribution in [2.24, 2.45) is 0 Å². The van der Waals surface area contributed by atoms with Crippen LogP contribution < -0.4 is 15.4 Å². The fourth-order valence-corrected chi connectivity index (χ4v) is 5.69. The lowest BCUT2D eigenvalue weighted by Crippen LogP contribution is -2.64. The van der Waals surface area contributed by atoms with Gasteiger partial charge in [-0.25, -0.2) is 4.98 Å². The highest BCUT2D eigenvalue weighted by Crippen LogP contribution is 2.39. The third-order valence-electron chi connectivity index (χ3n) is 7.94. The number of benzene rings is 1. The molecule has 3 amide bonds. The summed E-state index contributed by atoms with van der Waals surface area (Å²) >= 11 is 0. The highest BCUT2D eigenvalue weighted by atomic mass is 16.5. The largest absolute Gasteiger partial charge is 0.497 e. The number of amides is 3. The molecule has 2 aliphatic carbocycles. The molecule has 2 fully saturated rings. The number of hydrogen-bond acceptors (Lipinski definition) is 5. The zero-order valence-electron chi connectivity index (χ0n) is 21.8. The van der Waals surface area contributed by atoms with Crippen molar-refractivity contribution in [3.63, 3.8) is 0 Å². The highest BCUT2D eigenvalue weighted by molar-refractivity contribution is 6.07. The number of hydrogen-bond donors (Lipinski definition) is 2. The van der Waals surface area contributed by atoms with Crippen LogP contribution in [0, 0.1) is 0 Å². The topological polar surface area (TPSA) is 106 Å². The summed E-state index contributed by atoms with van der Waals surface area (Å²) < 4.78 is 6.88. The molecule has 1 aromatic carbocycles. The van der Waals surface area contributed by atoms with E-state index in [4.69, 9.17) is 4.74 Å². The average Bonchev–Trinajstić information content (AvgIpc) is 3.61. The Balaban J connectivity index is 1.33. The molecule has 198 valence electrons. The molecule has 2 saturated carbocycles. The molecule has 9 nitrogen and oxygen atoms in total. The molecule has 0 spiro atoms. The van der Waals surface area contributed by atoms with E-state index in [0.29, 0.717) is 6.54 Å². The molecule has 37 heavy (non-hydrogen) atoms. The zero-order valence-corrected chi connectivity index (χ0v) is 21.8. The van der Waals surface area contributed by atoms with Gasteiger partial charge in [0.1, 0.15) is 17.0 Å². The van der Waals surface area contributed by atoms with Gasteiger partial charge in [-0.15, -0.1) is 0 Å². The maximum Gasteiger partial charge on any atom is 0.274 e. The van der Waals surface area contributed by atoms with Gasteiger partial charge >= 0.3 is 0 Å². The summed E-state index contributed by atoms with van der Waals surface area (Å²) in [5, 5.41) is 6.15. The summed E-state index contributed by atoms with van der Waals surface area (Å²) in [7, 11) is 1.61. The Morgan fingerprint density at radius 3 is 2.38 bits per heavy atom. The van der Waals surface area contributed by atoms with E-state index in [2.05, 4.69) is 15.6 Å². The van der Waals surface area contributed by atoms with Crippen LogP contribution >= 0.6 is 0 Å². The van der Waals surface area contributed by atoms with Gasteiger partial charge in [0.15, 0.2) is 5.69 Å².